The molecule has 8 N–H and O–H groups in total. The van der Waals surface area contributed by atoms with E-state index in [1.54, 1.807) is 0 Å². The van der Waals surface area contributed by atoms with E-state index in [4.69, 9.17) is 6.42 Å². The second-order valence-corrected chi connectivity index (χ2v) is 6.94. The summed E-state index contributed by atoms with van der Waals surface area (Å²) >= 11 is 0. The van der Waals surface area contributed by atoms with Gasteiger partial charge in [0.25, 0.3) is 0 Å². The van der Waals surface area contributed by atoms with Crippen molar-refractivity contribution < 1.29 is 38.4 Å². The number of hydrogen-bond acceptors (Lipinski definition) is 9. The van der Waals surface area contributed by atoms with Crippen LogP contribution in [0.25, 0.3) is 0 Å². The number of amides is 8. The van der Waals surface area contributed by atoms with Gasteiger partial charge in [-0.2, -0.15) is 0 Å². The zero-order valence-electron chi connectivity index (χ0n) is 19.9. The highest BCUT2D eigenvalue weighted by molar-refractivity contribution is 5.97. The van der Waals surface area contributed by atoms with Crippen LogP contribution in [0.1, 0.15) is 13.3 Å². The number of imide groups is 1. The summed E-state index contributed by atoms with van der Waals surface area (Å²) < 4.78 is 0. The number of carbonyl (C=O) groups is 8. The van der Waals surface area contributed by atoms with Crippen molar-refractivity contribution in [3.63, 3.8) is 0 Å². The molecule has 0 heterocycles. The topological polar surface area (TPSA) is 233 Å². The van der Waals surface area contributed by atoms with Gasteiger partial charge in [0, 0.05) is 20.4 Å². The normalized spacial score (nSPS) is 10.5. The summed E-state index contributed by atoms with van der Waals surface area (Å²) in [5, 5.41) is 18.1. The van der Waals surface area contributed by atoms with Crippen LogP contribution in [0.15, 0.2) is 0 Å². The van der Waals surface area contributed by atoms with Crippen molar-refractivity contribution >= 4 is 47.3 Å². The molecule has 36 heavy (non-hydrogen) atoms. The first kappa shape index (κ1) is 31.5. The molecular weight excluding hydrogens is 480 g/mol. The van der Waals surface area contributed by atoms with E-state index in [0.717, 1.165) is 6.92 Å². The molecule has 0 aliphatic rings. The van der Waals surface area contributed by atoms with E-state index in [1.165, 1.54) is 7.05 Å². The minimum Gasteiger partial charge on any atom is -0.358 e. The highest BCUT2D eigenvalue weighted by atomic mass is 16.2. The van der Waals surface area contributed by atoms with Crippen LogP contribution < -0.4 is 42.5 Å². The van der Waals surface area contributed by atoms with Crippen LogP contribution in [-0.4, -0.2) is 99.6 Å². The fraction of sp³-hybridized carbons (Fsp3) is 0.500. The summed E-state index contributed by atoms with van der Waals surface area (Å²) in [5.41, 5.74) is 0. The summed E-state index contributed by atoms with van der Waals surface area (Å²) in [4.78, 5) is 91.9. The Labute approximate surface area is 206 Å². The van der Waals surface area contributed by atoms with E-state index in [-0.39, 0.29) is 13.0 Å². The average Bonchev–Trinajstić information content (AvgIpc) is 2.83. The van der Waals surface area contributed by atoms with Crippen molar-refractivity contribution in [2.45, 2.75) is 19.4 Å². The first-order chi connectivity index (χ1) is 17.0. The lowest BCUT2D eigenvalue weighted by Crippen LogP contribution is -2.48. The Balaban J connectivity index is 4.04. The number of nitrogens with one attached hydrogen (secondary N) is 8. The highest BCUT2D eigenvalue weighted by Gasteiger charge is 2.17. The maximum Gasteiger partial charge on any atom is 0.245 e. The smallest absolute Gasteiger partial charge is 0.245 e. The van der Waals surface area contributed by atoms with E-state index in [2.05, 4.69) is 43.1 Å². The van der Waals surface area contributed by atoms with Gasteiger partial charge in [-0.3, -0.25) is 49.0 Å². The molecule has 1 atom stereocenters. The van der Waals surface area contributed by atoms with Crippen molar-refractivity contribution in [1.29, 1.82) is 0 Å². The molecule has 0 aliphatic heterocycles. The summed E-state index contributed by atoms with van der Waals surface area (Å²) in [6.45, 7) is -1.47. The molecular formula is C20H30N8O8. The van der Waals surface area contributed by atoms with E-state index in [9.17, 15) is 38.4 Å². The van der Waals surface area contributed by atoms with E-state index in [0.29, 0.717) is 0 Å². The number of hydrogen-bond donors (Lipinski definition) is 8. The molecule has 0 spiro atoms. The highest BCUT2D eigenvalue weighted by Crippen LogP contribution is 1.89. The Morgan fingerprint density at radius 2 is 1.00 bits per heavy atom. The van der Waals surface area contributed by atoms with Crippen molar-refractivity contribution in [2.24, 2.45) is 0 Å². The van der Waals surface area contributed by atoms with Gasteiger partial charge < -0.3 is 31.9 Å². The van der Waals surface area contributed by atoms with Gasteiger partial charge in [0.15, 0.2) is 0 Å². The lowest BCUT2D eigenvalue weighted by atomic mass is 10.2. The largest absolute Gasteiger partial charge is 0.358 e. The van der Waals surface area contributed by atoms with Crippen molar-refractivity contribution in [3.8, 4) is 12.3 Å². The molecule has 0 saturated carbocycles. The predicted molar refractivity (Wildman–Crippen MR) is 123 cm³/mol. The maximum atomic E-state index is 11.8. The third-order valence-electron chi connectivity index (χ3n) is 3.94. The van der Waals surface area contributed by atoms with Crippen LogP contribution >= 0.6 is 0 Å². The maximum absolute atomic E-state index is 11.8. The fourth-order valence-electron chi connectivity index (χ4n) is 2.21. The molecule has 0 aromatic carbocycles. The molecule has 0 saturated heterocycles. The number of terminal acetylenes is 1. The van der Waals surface area contributed by atoms with Gasteiger partial charge in [0.05, 0.1) is 45.3 Å². The third kappa shape index (κ3) is 16.1. The van der Waals surface area contributed by atoms with Gasteiger partial charge in [0.1, 0.15) is 0 Å². The fourth-order valence-corrected chi connectivity index (χ4v) is 2.21. The van der Waals surface area contributed by atoms with Crippen molar-refractivity contribution in [2.75, 3.05) is 46.3 Å². The molecule has 8 amide bonds. The Morgan fingerprint density at radius 3 is 1.33 bits per heavy atom. The molecule has 0 bridgehead atoms. The molecule has 0 aromatic rings. The molecule has 0 aromatic heterocycles. The number of carbonyl (C=O) groups excluding carboxylic acids is 8. The standard InChI is InChI=1S/C20H30N8O8/c1-4-5-13(20(36)21-3)22-6-14(30)23-7-15(31)24-8-16(32)25-9-17(33)26-10-18(34)27-11-19(35)28-12(2)29/h1,13,22H,5-11H2,2-3H3,(H,21,36)(H,23,30)(H,24,31)(H,25,32)(H,26,33)(H,27,34)(H,28,29,35)/t13-/m0/s1. The lowest BCUT2D eigenvalue weighted by molar-refractivity contribution is -0.131. The third-order valence-corrected chi connectivity index (χ3v) is 3.94. The Bertz CT molecular complexity index is 899. The number of rotatable bonds is 15. The van der Waals surface area contributed by atoms with E-state index < -0.39 is 86.0 Å². The Hall–Kier alpha value is -4.52. The van der Waals surface area contributed by atoms with Gasteiger partial charge >= 0.3 is 0 Å². The van der Waals surface area contributed by atoms with E-state index in [1.807, 2.05) is 5.32 Å². The minimum atomic E-state index is -0.769. The van der Waals surface area contributed by atoms with Crippen molar-refractivity contribution in [3.05, 3.63) is 0 Å². The van der Waals surface area contributed by atoms with Crippen LogP contribution in [0.4, 0.5) is 0 Å². The molecule has 0 aliphatic carbocycles. The average molecular weight is 511 g/mol. The minimum absolute atomic E-state index is 0.0642. The van der Waals surface area contributed by atoms with Gasteiger partial charge in [-0.25, -0.2) is 0 Å². The van der Waals surface area contributed by atoms with Crippen LogP contribution in [0.5, 0.6) is 0 Å². The Kier molecular flexibility index (Phi) is 15.6. The first-order valence-electron chi connectivity index (χ1n) is 10.5. The Morgan fingerprint density at radius 1 is 0.639 bits per heavy atom. The predicted octanol–water partition coefficient (Wildman–Crippen LogP) is -6.04. The van der Waals surface area contributed by atoms with Crippen LogP contribution in [0.3, 0.4) is 0 Å². The van der Waals surface area contributed by atoms with Crippen LogP contribution in [-0.2, 0) is 38.4 Å². The molecule has 0 radical (unpaired) electrons. The van der Waals surface area contributed by atoms with Gasteiger partial charge in [-0.1, -0.05) is 0 Å². The quantitative estimate of drug-likeness (QED) is 0.0978. The first-order valence-corrected chi connectivity index (χ1v) is 10.5. The second-order valence-electron chi connectivity index (χ2n) is 6.94. The SMILES string of the molecule is C#CC[C@H](NCC(=O)NCC(=O)NCC(=O)NCC(=O)NCC(=O)NCC(=O)NC(C)=O)C(=O)NC. The lowest BCUT2D eigenvalue weighted by Gasteiger charge is -2.14. The van der Waals surface area contributed by atoms with Crippen molar-refractivity contribution in [1.82, 2.24) is 42.5 Å². The van der Waals surface area contributed by atoms with Gasteiger partial charge in [0.2, 0.25) is 47.3 Å². The van der Waals surface area contributed by atoms with Crippen LogP contribution in [0.2, 0.25) is 0 Å². The van der Waals surface area contributed by atoms with E-state index >= 15 is 0 Å². The molecule has 0 unspecified atom stereocenters. The molecule has 0 fully saturated rings. The summed E-state index contributed by atoms with van der Waals surface area (Å²) in [6, 6.07) is -0.769. The van der Waals surface area contributed by atoms with Gasteiger partial charge in [-0.15, -0.1) is 12.3 Å². The van der Waals surface area contributed by atoms with Crippen LogP contribution in [0, 0.1) is 12.3 Å². The monoisotopic (exact) mass is 510 g/mol. The molecule has 198 valence electrons. The summed E-state index contributed by atoms with van der Waals surface area (Å²) in [5.74, 6) is -2.77. The molecule has 16 heteroatoms. The van der Waals surface area contributed by atoms with Gasteiger partial charge in [-0.05, 0) is 0 Å². The summed E-state index contributed by atoms with van der Waals surface area (Å²) in [7, 11) is 1.42. The number of likely N-dealkylation sites (N-methyl/N-ethyl adjacent to an activating group) is 1. The zero-order valence-corrected chi connectivity index (χ0v) is 19.9. The summed E-state index contributed by atoms with van der Waals surface area (Å²) in [6.07, 6.45) is 5.23. The zero-order chi connectivity index (χ0) is 27.5. The molecule has 0 rings (SSSR count). The molecule has 16 nitrogen and oxygen atoms in total. The second kappa shape index (κ2) is 17.9.